The average Bonchev–Trinajstić information content (AvgIpc) is 2.34. The quantitative estimate of drug-likeness (QED) is 0.883. The summed E-state index contributed by atoms with van der Waals surface area (Å²) >= 11 is 0. The maximum absolute atomic E-state index is 4.80. The van der Waals surface area contributed by atoms with Gasteiger partial charge >= 0.3 is 0 Å². The van der Waals surface area contributed by atoms with E-state index in [0.717, 1.165) is 24.6 Å². The third-order valence-corrected chi connectivity index (χ3v) is 3.22. The molecule has 0 spiro atoms. The van der Waals surface area contributed by atoms with Crippen LogP contribution in [0.4, 0.5) is 5.82 Å². The van der Waals surface area contributed by atoms with Gasteiger partial charge in [-0.2, -0.15) is 0 Å². The smallest absolute Gasteiger partial charge is 0.128 e. The summed E-state index contributed by atoms with van der Waals surface area (Å²) in [6.07, 6.45) is 0. The van der Waals surface area contributed by atoms with Gasteiger partial charge in [0.1, 0.15) is 5.82 Å². The van der Waals surface area contributed by atoms with Crippen LogP contribution in [0, 0.1) is 0 Å². The number of hydrogen-bond acceptors (Lipinski definition) is 3. The Morgan fingerprint density at radius 3 is 2.37 bits per heavy atom. The van der Waals surface area contributed by atoms with Crippen LogP contribution >= 0.6 is 0 Å². The fourth-order valence-electron chi connectivity index (χ4n) is 1.74. The van der Waals surface area contributed by atoms with E-state index >= 15 is 0 Å². The highest BCUT2D eigenvalue weighted by Gasteiger charge is 2.18. The van der Waals surface area contributed by atoms with Gasteiger partial charge in [0.05, 0.1) is 0 Å². The van der Waals surface area contributed by atoms with E-state index < -0.39 is 0 Å². The molecule has 0 radical (unpaired) electrons. The number of nitrogens with zero attached hydrogens (tertiary/aromatic N) is 2. The summed E-state index contributed by atoms with van der Waals surface area (Å²) in [5.74, 6) is 1.07. The zero-order valence-corrected chi connectivity index (χ0v) is 13.5. The zero-order chi connectivity index (χ0) is 14.6. The Balaban J connectivity index is 3.09. The molecule has 0 bridgehead atoms. The molecular weight excluding hydrogens is 234 g/mol. The van der Waals surface area contributed by atoms with Crippen LogP contribution in [0.1, 0.15) is 52.8 Å². The molecular formula is C16H29N3. The molecule has 0 aliphatic carbocycles. The molecule has 0 amide bonds. The molecule has 19 heavy (non-hydrogen) atoms. The van der Waals surface area contributed by atoms with Crippen molar-refractivity contribution >= 4 is 5.82 Å². The molecule has 3 nitrogen and oxygen atoms in total. The molecule has 1 N–H and O–H groups in total. The van der Waals surface area contributed by atoms with Gasteiger partial charge in [0.2, 0.25) is 0 Å². The van der Waals surface area contributed by atoms with Crippen molar-refractivity contribution in [3.05, 3.63) is 23.4 Å². The highest BCUT2D eigenvalue weighted by Crippen LogP contribution is 2.24. The summed E-state index contributed by atoms with van der Waals surface area (Å²) < 4.78 is 0. The van der Waals surface area contributed by atoms with Gasteiger partial charge in [-0.1, -0.05) is 34.6 Å². The van der Waals surface area contributed by atoms with Crippen molar-refractivity contribution in [2.75, 3.05) is 18.5 Å². The van der Waals surface area contributed by atoms with Crippen LogP contribution in [0.15, 0.2) is 12.1 Å². The average molecular weight is 263 g/mol. The second kappa shape index (κ2) is 6.38. The standard InChI is InChI=1S/C16H29N3/c1-8-19(7)15-10-13(11-17-12(2)3)9-14(18-15)16(4,5)6/h9-10,12,17H,8,11H2,1-7H3. The fourth-order valence-corrected chi connectivity index (χ4v) is 1.74. The topological polar surface area (TPSA) is 28.2 Å². The lowest BCUT2D eigenvalue weighted by molar-refractivity contribution is 0.560. The predicted molar refractivity (Wildman–Crippen MR) is 83.9 cm³/mol. The van der Waals surface area contributed by atoms with E-state index in [4.69, 9.17) is 4.98 Å². The van der Waals surface area contributed by atoms with Gasteiger partial charge in [0.15, 0.2) is 0 Å². The van der Waals surface area contributed by atoms with Crippen molar-refractivity contribution in [1.82, 2.24) is 10.3 Å². The van der Waals surface area contributed by atoms with Gasteiger partial charge in [-0.25, -0.2) is 4.98 Å². The first-order valence-corrected chi connectivity index (χ1v) is 7.20. The molecule has 0 aliphatic rings. The maximum atomic E-state index is 4.80. The van der Waals surface area contributed by atoms with Crippen LogP contribution in [0.25, 0.3) is 0 Å². The molecule has 1 rings (SSSR count). The molecule has 0 unspecified atom stereocenters. The van der Waals surface area contributed by atoms with Crippen molar-refractivity contribution < 1.29 is 0 Å². The Labute approximate surface area is 118 Å². The van der Waals surface area contributed by atoms with E-state index in [-0.39, 0.29) is 5.41 Å². The summed E-state index contributed by atoms with van der Waals surface area (Å²) in [5, 5.41) is 3.48. The lowest BCUT2D eigenvalue weighted by Crippen LogP contribution is -2.24. The van der Waals surface area contributed by atoms with E-state index in [2.05, 4.69) is 70.9 Å². The third-order valence-electron chi connectivity index (χ3n) is 3.22. The summed E-state index contributed by atoms with van der Waals surface area (Å²) in [7, 11) is 2.09. The molecule has 0 fully saturated rings. The molecule has 0 saturated heterocycles. The minimum absolute atomic E-state index is 0.0805. The van der Waals surface area contributed by atoms with Crippen molar-refractivity contribution in [3.63, 3.8) is 0 Å². The zero-order valence-electron chi connectivity index (χ0n) is 13.5. The van der Waals surface area contributed by atoms with E-state index in [9.17, 15) is 0 Å². The number of anilines is 1. The van der Waals surface area contributed by atoms with Crippen molar-refractivity contribution in [3.8, 4) is 0 Å². The summed E-state index contributed by atoms with van der Waals surface area (Å²) in [4.78, 5) is 6.99. The summed E-state index contributed by atoms with van der Waals surface area (Å²) in [6.45, 7) is 15.0. The number of pyridine rings is 1. The Bertz CT molecular complexity index is 405. The van der Waals surface area contributed by atoms with Gasteiger partial charge in [0, 0.05) is 37.3 Å². The van der Waals surface area contributed by atoms with Gasteiger partial charge in [0.25, 0.3) is 0 Å². The summed E-state index contributed by atoms with van der Waals surface area (Å²) in [6, 6.07) is 4.91. The molecule has 1 aromatic rings. The Kier molecular flexibility index (Phi) is 5.36. The van der Waals surface area contributed by atoms with E-state index in [1.807, 2.05) is 0 Å². The molecule has 1 aromatic heterocycles. The predicted octanol–water partition coefficient (Wildman–Crippen LogP) is 3.33. The van der Waals surface area contributed by atoms with Crippen molar-refractivity contribution in [2.24, 2.45) is 0 Å². The van der Waals surface area contributed by atoms with Crippen LogP contribution in [-0.4, -0.2) is 24.6 Å². The van der Waals surface area contributed by atoms with Crippen LogP contribution < -0.4 is 10.2 Å². The number of aromatic nitrogens is 1. The third kappa shape index (κ3) is 4.83. The fraction of sp³-hybridized carbons (Fsp3) is 0.688. The second-order valence-electron chi connectivity index (χ2n) is 6.52. The maximum Gasteiger partial charge on any atom is 0.128 e. The van der Waals surface area contributed by atoms with Gasteiger partial charge in [-0.05, 0) is 24.6 Å². The van der Waals surface area contributed by atoms with E-state index in [1.54, 1.807) is 0 Å². The van der Waals surface area contributed by atoms with Gasteiger partial charge < -0.3 is 10.2 Å². The summed E-state index contributed by atoms with van der Waals surface area (Å²) in [5.41, 5.74) is 2.55. The van der Waals surface area contributed by atoms with E-state index in [1.165, 1.54) is 5.56 Å². The van der Waals surface area contributed by atoms with E-state index in [0.29, 0.717) is 6.04 Å². The largest absolute Gasteiger partial charge is 0.360 e. The molecule has 0 aliphatic heterocycles. The molecule has 0 atom stereocenters. The van der Waals surface area contributed by atoms with Crippen LogP contribution in [0.2, 0.25) is 0 Å². The van der Waals surface area contributed by atoms with Crippen LogP contribution in [0.5, 0.6) is 0 Å². The van der Waals surface area contributed by atoms with Crippen LogP contribution in [0.3, 0.4) is 0 Å². The normalized spacial score (nSPS) is 12.0. The minimum atomic E-state index is 0.0805. The number of hydrogen-bond donors (Lipinski definition) is 1. The van der Waals surface area contributed by atoms with Gasteiger partial charge in [-0.3, -0.25) is 0 Å². The Morgan fingerprint density at radius 1 is 1.26 bits per heavy atom. The highest BCUT2D eigenvalue weighted by atomic mass is 15.2. The SMILES string of the molecule is CCN(C)c1cc(CNC(C)C)cc(C(C)(C)C)n1. The molecule has 108 valence electrons. The Morgan fingerprint density at radius 2 is 1.89 bits per heavy atom. The lowest BCUT2D eigenvalue weighted by Gasteiger charge is -2.23. The molecule has 3 heteroatoms. The molecule has 0 saturated carbocycles. The minimum Gasteiger partial charge on any atom is -0.360 e. The van der Waals surface area contributed by atoms with Gasteiger partial charge in [-0.15, -0.1) is 0 Å². The number of nitrogens with one attached hydrogen (secondary N) is 1. The molecule has 1 heterocycles. The van der Waals surface area contributed by atoms with Crippen molar-refractivity contribution in [1.29, 1.82) is 0 Å². The molecule has 0 aromatic carbocycles. The monoisotopic (exact) mass is 263 g/mol. The van der Waals surface area contributed by atoms with Crippen molar-refractivity contribution in [2.45, 2.75) is 59.5 Å². The second-order valence-corrected chi connectivity index (χ2v) is 6.52. The first kappa shape index (κ1) is 16.0. The first-order chi connectivity index (χ1) is 8.74. The van der Waals surface area contributed by atoms with Crippen LogP contribution in [-0.2, 0) is 12.0 Å². The lowest BCUT2D eigenvalue weighted by atomic mass is 9.90. The number of rotatable bonds is 5. The first-order valence-electron chi connectivity index (χ1n) is 7.20. The highest BCUT2D eigenvalue weighted by molar-refractivity contribution is 5.43. The Hall–Kier alpha value is -1.09.